The Morgan fingerprint density at radius 3 is 2.00 bits per heavy atom. The van der Waals surface area contributed by atoms with Crippen LogP contribution < -0.4 is 0 Å². The molecule has 0 saturated carbocycles. The van der Waals surface area contributed by atoms with Crippen LogP contribution in [0.4, 0.5) is 0 Å². The van der Waals surface area contributed by atoms with Gasteiger partial charge in [0.1, 0.15) is 0 Å². The smallest absolute Gasteiger partial charge is 0.229 e. The van der Waals surface area contributed by atoms with Crippen LogP contribution in [0.1, 0.15) is 11.1 Å². The van der Waals surface area contributed by atoms with Crippen molar-refractivity contribution in [3.8, 4) is 0 Å². The van der Waals surface area contributed by atoms with E-state index < -0.39 is 9.84 Å². The fourth-order valence-corrected chi connectivity index (χ4v) is 4.83. The number of imidazole rings is 1. The second kappa shape index (κ2) is 7.59. The first-order valence-electron chi connectivity index (χ1n) is 8.59. The minimum absolute atomic E-state index is 0.0543. The average Bonchev–Trinajstić information content (AvgIpc) is 3.05. The molecule has 0 aliphatic heterocycles. The summed E-state index contributed by atoms with van der Waals surface area (Å²) in [5, 5.41) is 1.25. The number of aromatic nitrogens is 2. The highest BCUT2D eigenvalue weighted by Gasteiger charge is 2.24. The summed E-state index contributed by atoms with van der Waals surface area (Å²) in [4.78, 5) is 4.43. The van der Waals surface area contributed by atoms with Gasteiger partial charge in [-0.3, -0.25) is 0 Å². The van der Waals surface area contributed by atoms with E-state index in [1.807, 2.05) is 36.4 Å². The molecule has 4 rings (SSSR count). The van der Waals surface area contributed by atoms with E-state index in [0.717, 1.165) is 11.1 Å². The molecule has 0 amide bonds. The average molecular weight is 431 g/mol. The van der Waals surface area contributed by atoms with Crippen LogP contribution in [0.2, 0.25) is 10.0 Å². The maximum atomic E-state index is 13.2. The summed E-state index contributed by atoms with van der Waals surface area (Å²) in [6.45, 7) is 0.382. The van der Waals surface area contributed by atoms with Crippen LogP contribution in [0.5, 0.6) is 0 Å². The highest BCUT2D eigenvalue weighted by molar-refractivity contribution is 7.90. The number of nitrogens with zero attached hydrogens (tertiary/aromatic N) is 2. The third-order valence-electron chi connectivity index (χ3n) is 4.42. The topological polar surface area (TPSA) is 52.0 Å². The molecular weight excluding hydrogens is 415 g/mol. The number of rotatable bonds is 5. The Labute approximate surface area is 173 Å². The Bertz CT molecular complexity index is 1230. The zero-order valence-corrected chi connectivity index (χ0v) is 17.0. The maximum absolute atomic E-state index is 13.2. The van der Waals surface area contributed by atoms with Crippen molar-refractivity contribution in [2.24, 2.45) is 0 Å². The van der Waals surface area contributed by atoms with Crippen LogP contribution in [-0.2, 0) is 22.1 Å². The van der Waals surface area contributed by atoms with Gasteiger partial charge in [-0.1, -0.05) is 59.6 Å². The zero-order valence-electron chi connectivity index (χ0n) is 14.7. The minimum Gasteiger partial charge on any atom is -0.310 e. The summed E-state index contributed by atoms with van der Waals surface area (Å²) < 4.78 is 28.1. The van der Waals surface area contributed by atoms with E-state index in [0.29, 0.717) is 27.7 Å². The van der Waals surface area contributed by atoms with Gasteiger partial charge in [-0.2, -0.15) is 0 Å². The first kappa shape index (κ1) is 19.0. The maximum Gasteiger partial charge on any atom is 0.229 e. The molecule has 0 bridgehead atoms. The first-order chi connectivity index (χ1) is 13.4. The van der Waals surface area contributed by atoms with Crippen molar-refractivity contribution < 1.29 is 8.42 Å². The van der Waals surface area contributed by atoms with Crippen LogP contribution in [0.3, 0.4) is 0 Å². The van der Waals surface area contributed by atoms with Crippen LogP contribution in [0.25, 0.3) is 11.0 Å². The number of sulfone groups is 1. The summed E-state index contributed by atoms with van der Waals surface area (Å²) in [6.07, 6.45) is 0. The second-order valence-corrected chi connectivity index (χ2v) is 9.24. The molecule has 4 nitrogen and oxygen atoms in total. The molecule has 0 atom stereocenters. The minimum atomic E-state index is -3.66. The molecule has 0 unspecified atom stereocenters. The number of para-hydroxylation sites is 2. The lowest BCUT2D eigenvalue weighted by Gasteiger charge is -2.10. The molecule has 0 aliphatic rings. The predicted octanol–water partition coefficient (Wildman–Crippen LogP) is 5.37. The van der Waals surface area contributed by atoms with Gasteiger partial charge in [-0.15, -0.1) is 0 Å². The Balaban J connectivity index is 1.79. The molecule has 0 N–H and O–H groups in total. The van der Waals surface area contributed by atoms with Gasteiger partial charge in [0.05, 0.1) is 23.3 Å². The van der Waals surface area contributed by atoms with Gasteiger partial charge < -0.3 is 4.57 Å². The molecule has 0 radical (unpaired) electrons. The number of hydrogen-bond donors (Lipinski definition) is 0. The van der Waals surface area contributed by atoms with Crippen molar-refractivity contribution in [1.82, 2.24) is 9.55 Å². The van der Waals surface area contributed by atoms with Crippen molar-refractivity contribution in [2.75, 3.05) is 0 Å². The molecule has 0 fully saturated rings. The second-order valence-electron chi connectivity index (χ2n) is 6.48. The summed E-state index contributed by atoms with van der Waals surface area (Å²) in [7, 11) is -3.66. The molecule has 1 heterocycles. The van der Waals surface area contributed by atoms with Gasteiger partial charge in [0, 0.05) is 10.0 Å². The van der Waals surface area contributed by atoms with E-state index in [9.17, 15) is 8.42 Å². The van der Waals surface area contributed by atoms with Gasteiger partial charge in [0.15, 0.2) is 0 Å². The zero-order chi connectivity index (χ0) is 19.7. The molecule has 0 aliphatic carbocycles. The lowest BCUT2D eigenvalue weighted by atomic mass is 10.2. The molecule has 1 aromatic heterocycles. The highest BCUT2D eigenvalue weighted by atomic mass is 35.5. The SMILES string of the molecule is O=S(=O)(Cc1ccc(Cl)cc1)c1nc2ccccc2n1Cc1ccc(Cl)cc1. The molecular formula is C21H16Cl2N2O2S. The lowest BCUT2D eigenvalue weighted by Crippen LogP contribution is -2.14. The fraction of sp³-hybridized carbons (Fsp3) is 0.0952. The van der Waals surface area contributed by atoms with Crippen LogP contribution >= 0.6 is 23.2 Å². The molecule has 28 heavy (non-hydrogen) atoms. The molecule has 4 aromatic rings. The first-order valence-corrected chi connectivity index (χ1v) is 11.0. The van der Waals surface area contributed by atoms with E-state index in [1.54, 1.807) is 41.0 Å². The van der Waals surface area contributed by atoms with Crippen molar-refractivity contribution in [3.63, 3.8) is 0 Å². The van der Waals surface area contributed by atoms with Crippen molar-refractivity contribution >= 4 is 44.1 Å². The van der Waals surface area contributed by atoms with Crippen LogP contribution in [-0.4, -0.2) is 18.0 Å². The van der Waals surface area contributed by atoms with Gasteiger partial charge in [0.2, 0.25) is 15.0 Å². The summed E-state index contributed by atoms with van der Waals surface area (Å²) in [5.41, 5.74) is 3.02. The Kier molecular flexibility index (Phi) is 5.15. The van der Waals surface area contributed by atoms with E-state index in [4.69, 9.17) is 23.2 Å². The van der Waals surface area contributed by atoms with Crippen LogP contribution in [0.15, 0.2) is 78.0 Å². The Morgan fingerprint density at radius 2 is 1.36 bits per heavy atom. The van der Waals surface area contributed by atoms with Crippen molar-refractivity contribution in [1.29, 1.82) is 0 Å². The molecule has 0 saturated heterocycles. The Hall–Kier alpha value is -2.34. The molecule has 3 aromatic carbocycles. The predicted molar refractivity (Wildman–Crippen MR) is 113 cm³/mol. The highest BCUT2D eigenvalue weighted by Crippen LogP contribution is 2.24. The van der Waals surface area contributed by atoms with E-state index in [2.05, 4.69) is 4.98 Å². The Morgan fingerprint density at radius 1 is 0.786 bits per heavy atom. The summed E-state index contributed by atoms with van der Waals surface area (Å²) in [6, 6.07) is 21.5. The fourth-order valence-electron chi connectivity index (χ4n) is 3.08. The van der Waals surface area contributed by atoms with E-state index in [-0.39, 0.29) is 10.9 Å². The standard InChI is InChI=1S/C21H16Cl2N2O2S/c22-17-9-5-15(6-10-17)13-25-20-4-2-1-3-19(20)24-21(25)28(26,27)14-16-7-11-18(23)12-8-16/h1-12H,13-14H2. The third-order valence-corrected chi connectivity index (χ3v) is 6.51. The number of benzene rings is 3. The molecule has 7 heteroatoms. The van der Waals surface area contributed by atoms with Crippen molar-refractivity contribution in [2.45, 2.75) is 17.5 Å². The quantitative estimate of drug-likeness (QED) is 0.427. The molecule has 0 spiro atoms. The van der Waals surface area contributed by atoms with Gasteiger partial charge >= 0.3 is 0 Å². The number of halogens is 2. The monoisotopic (exact) mass is 430 g/mol. The summed E-state index contributed by atoms with van der Waals surface area (Å²) in [5.74, 6) is -0.145. The third kappa shape index (κ3) is 3.92. The largest absolute Gasteiger partial charge is 0.310 e. The van der Waals surface area contributed by atoms with Crippen LogP contribution in [0, 0.1) is 0 Å². The molecule has 142 valence electrons. The number of hydrogen-bond acceptors (Lipinski definition) is 3. The number of fused-ring (bicyclic) bond motifs is 1. The van der Waals surface area contributed by atoms with Crippen molar-refractivity contribution in [3.05, 3.63) is 94.0 Å². The normalized spacial score (nSPS) is 11.8. The van der Waals surface area contributed by atoms with Gasteiger partial charge in [-0.25, -0.2) is 13.4 Å². The summed E-state index contributed by atoms with van der Waals surface area (Å²) >= 11 is 11.9. The van der Waals surface area contributed by atoms with Gasteiger partial charge in [-0.05, 0) is 47.5 Å². The van der Waals surface area contributed by atoms with E-state index >= 15 is 0 Å². The lowest BCUT2D eigenvalue weighted by molar-refractivity contribution is 0.574. The van der Waals surface area contributed by atoms with Gasteiger partial charge in [0.25, 0.3) is 0 Å². The van der Waals surface area contributed by atoms with E-state index in [1.165, 1.54) is 0 Å².